The van der Waals surface area contributed by atoms with E-state index < -0.39 is 6.10 Å². The summed E-state index contributed by atoms with van der Waals surface area (Å²) in [6.45, 7) is 6.85. The highest BCUT2D eigenvalue weighted by molar-refractivity contribution is 7.09. The smallest absolute Gasteiger partial charge is 0.223 e. The maximum Gasteiger partial charge on any atom is 0.223 e. The standard InChI is InChI=1S/C16H26N2O3S/c1-16(2,3)13-9-22-14(18-13)8-17-15(20)10-5-6-11(19)12(7-10)21-4/h9-12,19H,5-8H2,1-4H3,(H,17,20)/t10-,11+,12-/m1/s1. The zero-order chi connectivity index (χ0) is 16.3. The summed E-state index contributed by atoms with van der Waals surface area (Å²) in [4.78, 5) is 16.9. The topological polar surface area (TPSA) is 71.5 Å². The van der Waals surface area contributed by atoms with Crippen molar-refractivity contribution in [2.75, 3.05) is 7.11 Å². The average Bonchev–Trinajstić information content (AvgIpc) is 2.94. The minimum Gasteiger partial charge on any atom is -0.390 e. The second-order valence-electron chi connectivity index (χ2n) is 6.95. The van der Waals surface area contributed by atoms with Gasteiger partial charge in [-0.2, -0.15) is 0 Å². The van der Waals surface area contributed by atoms with E-state index in [-0.39, 0.29) is 23.3 Å². The molecule has 0 saturated heterocycles. The summed E-state index contributed by atoms with van der Waals surface area (Å²) in [6, 6.07) is 0. The van der Waals surface area contributed by atoms with E-state index in [0.29, 0.717) is 25.8 Å². The van der Waals surface area contributed by atoms with Crippen LogP contribution in [0.15, 0.2) is 5.38 Å². The van der Waals surface area contributed by atoms with Crippen molar-refractivity contribution in [2.24, 2.45) is 5.92 Å². The molecule has 1 aromatic rings. The number of carbonyl (C=O) groups is 1. The minimum absolute atomic E-state index is 0.0291. The first-order valence-corrected chi connectivity index (χ1v) is 8.62. The van der Waals surface area contributed by atoms with Gasteiger partial charge in [0, 0.05) is 23.8 Å². The van der Waals surface area contributed by atoms with Crippen molar-refractivity contribution in [1.82, 2.24) is 10.3 Å². The van der Waals surface area contributed by atoms with Crippen LogP contribution in [0.2, 0.25) is 0 Å². The van der Waals surface area contributed by atoms with Crippen LogP contribution in [0.5, 0.6) is 0 Å². The number of nitrogens with one attached hydrogen (secondary N) is 1. The third kappa shape index (κ3) is 4.27. The van der Waals surface area contributed by atoms with Gasteiger partial charge >= 0.3 is 0 Å². The van der Waals surface area contributed by atoms with Gasteiger partial charge in [0.1, 0.15) is 5.01 Å². The Hall–Kier alpha value is -0.980. The van der Waals surface area contributed by atoms with Crippen LogP contribution < -0.4 is 5.32 Å². The molecule has 2 N–H and O–H groups in total. The number of nitrogens with zero attached hydrogens (tertiary/aromatic N) is 1. The molecule has 1 saturated carbocycles. The van der Waals surface area contributed by atoms with E-state index in [2.05, 4.69) is 36.5 Å². The van der Waals surface area contributed by atoms with Gasteiger partial charge < -0.3 is 15.2 Å². The van der Waals surface area contributed by atoms with Crippen LogP contribution in [0.25, 0.3) is 0 Å². The van der Waals surface area contributed by atoms with Crippen LogP contribution in [0, 0.1) is 5.92 Å². The molecule has 0 radical (unpaired) electrons. The first kappa shape index (κ1) is 17.4. The van der Waals surface area contributed by atoms with Crippen LogP contribution in [-0.2, 0) is 21.5 Å². The molecule has 6 heteroatoms. The number of hydrogen-bond donors (Lipinski definition) is 2. The van der Waals surface area contributed by atoms with Gasteiger partial charge in [-0.05, 0) is 19.3 Å². The third-order valence-corrected chi connectivity index (χ3v) is 5.01. The van der Waals surface area contributed by atoms with Crippen molar-refractivity contribution in [3.8, 4) is 0 Å². The number of rotatable bonds is 4. The predicted octanol–water partition coefficient (Wildman–Crippen LogP) is 2.23. The van der Waals surface area contributed by atoms with Crippen molar-refractivity contribution >= 4 is 17.2 Å². The number of amides is 1. The summed E-state index contributed by atoms with van der Waals surface area (Å²) >= 11 is 1.58. The van der Waals surface area contributed by atoms with E-state index in [0.717, 1.165) is 10.7 Å². The van der Waals surface area contributed by atoms with Crippen molar-refractivity contribution < 1.29 is 14.6 Å². The molecule has 1 amide bonds. The molecule has 1 aliphatic rings. The fourth-order valence-corrected chi connectivity index (χ4v) is 3.61. The Balaban J connectivity index is 1.86. The van der Waals surface area contributed by atoms with Crippen molar-refractivity contribution in [1.29, 1.82) is 0 Å². The Labute approximate surface area is 136 Å². The van der Waals surface area contributed by atoms with Crippen LogP contribution in [0.1, 0.15) is 50.7 Å². The highest BCUT2D eigenvalue weighted by atomic mass is 32.1. The third-order valence-electron chi connectivity index (χ3n) is 4.16. The Morgan fingerprint density at radius 3 is 2.82 bits per heavy atom. The molecule has 0 aromatic carbocycles. The molecule has 1 aliphatic carbocycles. The predicted molar refractivity (Wildman–Crippen MR) is 86.8 cm³/mol. The number of thiazole rings is 1. The van der Waals surface area contributed by atoms with Gasteiger partial charge in [-0.1, -0.05) is 20.8 Å². The van der Waals surface area contributed by atoms with E-state index in [1.54, 1.807) is 18.4 Å². The van der Waals surface area contributed by atoms with Crippen LogP contribution in [0.4, 0.5) is 0 Å². The zero-order valence-electron chi connectivity index (χ0n) is 13.8. The van der Waals surface area contributed by atoms with Gasteiger partial charge in [0.15, 0.2) is 0 Å². The van der Waals surface area contributed by atoms with Crippen LogP contribution >= 0.6 is 11.3 Å². The van der Waals surface area contributed by atoms with E-state index in [1.165, 1.54) is 0 Å². The van der Waals surface area contributed by atoms with Crippen molar-refractivity contribution in [3.05, 3.63) is 16.1 Å². The zero-order valence-corrected chi connectivity index (χ0v) is 14.6. The molecule has 1 fully saturated rings. The van der Waals surface area contributed by atoms with Crippen molar-refractivity contribution in [2.45, 2.75) is 64.2 Å². The molecule has 0 unspecified atom stereocenters. The summed E-state index contributed by atoms with van der Waals surface area (Å²) < 4.78 is 5.25. The normalized spacial score (nSPS) is 26.0. The molecule has 2 rings (SSSR count). The second kappa shape index (κ2) is 7.06. The molecule has 124 valence electrons. The van der Waals surface area contributed by atoms with Crippen LogP contribution in [-0.4, -0.2) is 35.3 Å². The lowest BCUT2D eigenvalue weighted by molar-refractivity contribution is -0.130. The number of aliphatic hydroxyl groups is 1. The van der Waals surface area contributed by atoms with Gasteiger partial charge in [-0.3, -0.25) is 4.79 Å². The van der Waals surface area contributed by atoms with E-state index in [4.69, 9.17) is 4.74 Å². The van der Waals surface area contributed by atoms with Gasteiger partial charge in [0.05, 0.1) is 24.4 Å². The average molecular weight is 326 g/mol. The summed E-state index contributed by atoms with van der Waals surface area (Å²) in [5, 5.41) is 15.7. The maximum absolute atomic E-state index is 12.3. The second-order valence-corrected chi connectivity index (χ2v) is 7.89. The molecule has 22 heavy (non-hydrogen) atoms. The monoisotopic (exact) mass is 326 g/mol. The summed E-state index contributed by atoms with van der Waals surface area (Å²) in [6.07, 6.45) is 1.20. The van der Waals surface area contributed by atoms with E-state index in [1.807, 2.05) is 0 Å². The van der Waals surface area contributed by atoms with Crippen LogP contribution in [0.3, 0.4) is 0 Å². The molecule has 0 bridgehead atoms. The van der Waals surface area contributed by atoms with Gasteiger partial charge in [-0.25, -0.2) is 4.98 Å². The Morgan fingerprint density at radius 1 is 1.50 bits per heavy atom. The summed E-state index contributed by atoms with van der Waals surface area (Å²) in [5.74, 6) is -0.0585. The maximum atomic E-state index is 12.3. The quantitative estimate of drug-likeness (QED) is 0.890. The lowest BCUT2D eigenvalue weighted by Gasteiger charge is -2.31. The molecular formula is C16H26N2O3S. The first-order valence-electron chi connectivity index (χ1n) is 7.74. The molecule has 1 aromatic heterocycles. The first-order chi connectivity index (χ1) is 10.3. The molecular weight excluding hydrogens is 300 g/mol. The number of aliphatic hydroxyl groups excluding tert-OH is 1. The number of carbonyl (C=O) groups excluding carboxylic acids is 1. The minimum atomic E-state index is -0.456. The molecule has 3 atom stereocenters. The summed E-state index contributed by atoms with van der Waals surface area (Å²) in [7, 11) is 1.58. The highest BCUT2D eigenvalue weighted by Crippen LogP contribution is 2.27. The highest BCUT2D eigenvalue weighted by Gasteiger charge is 2.32. The Morgan fingerprint density at radius 2 is 2.23 bits per heavy atom. The summed E-state index contributed by atoms with van der Waals surface area (Å²) in [5.41, 5.74) is 1.09. The fourth-order valence-electron chi connectivity index (χ4n) is 2.65. The molecule has 1 heterocycles. The fraction of sp³-hybridized carbons (Fsp3) is 0.750. The SMILES string of the molecule is CO[C@@H]1C[C@H](C(=O)NCc2nc(C(C)(C)C)cs2)CC[C@@H]1O. The lowest BCUT2D eigenvalue weighted by Crippen LogP contribution is -2.41. The van der Waals surface area contributed by atoms with Gasteiger partial charge in [-0.15, -0.1) is 11.3 Å². The largest absolute Gasteiger partial charge is 0.390 e. The van der Waals surface area contributed by atoms with Gasteiger partial charge in [0.25, 0.3) is 0 Å². The van der Waals surface area contributed by atoms with Crippen molar-refractivity contribution in [3.63, 3.8) is 0 Å². The molecule has 0 aliphatic heterocycles. The van der Waals surface area contributed by atoms with Gasteiger partial charge in [0.2, 0.25) is 5.91 Å². The number of methoxy groups -OCH3 is 1. The van der Waals surface area contributed by atoms with E-state index in [9.17, 15) is 9.90 Å². The molecule has 5 nitrogen and oxygen atoms in total. The number of hydrogen-bond acceptors (Lipinski definition) is 5. The Kier molecular flexibility index (Phi) is 5.58. The Bertz CT molecular complexity index is 510. The number of aromatic nitrogens is 1. The molecule has 0 spiro atoms. The number of ether oxygens (including phenoxy) is 1. The van der Waals surface area contributed by atoms with E-state index >= 15 is 0 Å². The lowest BCUT2D eigenvalue weighted by atomic mass is 9.84.